The molecule has 1 atom stereocenters. The van der Waals surface area contributed by atoms with Gasteiger partial charge in [0, 0.05) is 20.2 Å². The van der Waals surface area contributed by atoms with Gasteiger partial charge in [0.15, 0.2) is 11.6 Å². The van der Waals surface area contributed by atoms with Gasteiger partial charge in [-0.15, -0.1) is 5.10 Å². The first kappa shape index (κ1) is 20.4. The van der Waals surface area contributed by atoms with Crippen LogP contribution in [0.2, 0.25) is 5.02 Å². The third-order valence-electron chi connectivity index (χ3n) is 5.04. The number of hydrogen-bond donors (Lipinski definition) is 1. The van der Waals surface area contributed by atoms with Crippen molar-refractivity contribution in [1.82, 2.24) is 30.0 Å². The Balaban J connectivity index is 1.80. The lowest BCUT2D eigenvalue weighted by Crippen LogP contribution is -2.47. The molecule has 28 heavy (non-hydrogen) atoms. The highest BCUT2D eigenvalue weighted by Gasteiger charge is 2.47. The largest absolute Gasteiger partial charge is 0.383 e. The topological polar surface area (TPSA) is 88.4 Å². The maximum atomic E-state index is 14.1. The Labute approximate surface area is 167 Å². The van der Waals surface area contributed by atoms with Crippen LogP contribution in [0.5, 0.6) is 0 Å². The zero-order valence-corrected chi connectivity index (χ0v) is 16.8. The summed E-state index contributed by atoms with van der Waals surface area (Å²) < 4.78 is 20.9. The Kier molecular flexibility index (Phi) is 6.11. The zero-order valence-electron chi connectivity index (χ0n) is 16.0. The molecule has 0 spiro atoms. The van der Waals surface area contributed by atoms with Crippen LogP contribution in [0, 0.1) is 5.82 Å². The molecule has 0 saturated carbocycles. The van der Waals surface area contributed by atoms with E-state index in [4.69, 9.17) is 16.3 Å². The third-order valence-corrected chi connectivity index (χ3v) is 5.33. The van der Waals surface area contributed by atoms with Gasteiger partial charge in [0.25, 0.3) is 0 Å². The number of halogens is 2. The number of ether oxygens (including phenoxy) is 1. The van der Waals surface area contributed by atoms with E-state index >= 15 is 0 Å². The smallest absolute Gasteiger partial charge is 0.322 e. The summed E-state index contributed by atoms with van der Waals surface area (Å²) >= 11 is 5.79. The van der Waals surface area contributed by atoms with E-state index in [9.17, 15) is 9.18 Å². The molecule has 3 rings (SSSR count). The molecule has 152 valence electrons. The van der Waals surface area contributed by atoms with Crippen molar-refractivity contribution in [1.29, 1.82) is 0 Å². The molecule has 1 aromatic carbocycles. The van der Waals surface area contributed by atoms with Gasteiger partial charge in [-0.2, -0.15) is 0 Å². The lowest BCUT2D eigenvalue weighted by atomic mass is 9.96. The maximum absolute atomic E-state index is 14.1. The summed E-state index contributed by atoms with van der Waals surface area (Å²) in [6.07, 6.45) is 0.638. The highest BCUT2D eigenvalue weighted by atomic mass is 35.5. The highest BCUT2D eigenvalue weighted by molar-refractivity contribution is 6.31. The van der Waals surface area contributed by atoms with Crippen molar-refractivity contribution in [3.05, 3.63) is 34.9 Å². The van der Waals surface area contributed by atoms with Crippen molar-refractivity contribution in [2.45, 2.75) is 18.5 Å². The number of carbonyl (C=O) groups excluding carboxylic acids is 1. The van der Waals surface area contributed by atoms with Gasteiger partial charge in [-0.1, -0.05) is 17.7 Å². The second-order valence-corrected chi connectivity index (χ2v) is 7.25. The van der Waals surface area contributed by atoms with E-state index in [1.54, 1.807) is 22.8 Å². The molecule has 1 aliphatic rings. The van der Waals surface area contributed by atoms with Gasteiger partial charge in [0.05, 0.1) is 23.9 Å². The normalized spacial score (nSPS) is 19.4. The standard InChI is InChI=1S/C17H23ClFN7O2/c1-24(2)17(15-21-22-23-26(15)9-10-28-3)7-8-25(11-17)16(27)20-13-6-4-5-12(18)14(13)19/h4-6H,7-11H2,1-3H3,(H,20,27). The predicted octanol–water partition coefficient (Wildman–Crippen LogP) is 1.81. The van der Waals surface area contributed by atoms with Crippen molar-refractivity contribution < 1.29 is 13.9 Å². The summed E-state index contributed by atoms with van der Waals surface area (Å²) in [5.74, 6) is 0.0119. The van der Waals surface area contributed by atoms with E-state index in [2.05, 4.69) is 20.8 Å². The number of likely N-dealkylation sites (N-methyl/N-ethyl adjacent to an activating group) is 1. The fourth-order valence-corrected chi connectivity index (χ4v) is 3.55. The van der Waals surface area contributed by atoms with Gasteiger partial charge in [0.1, 0.15) is 5.54 Å². The molecular weight excluding hydrogens is 389 g/mol. The maximum Gasteiger partial charge on any atom is 0.322 e. The molecule has 1 aliphatic heterocycles. The molecule has 1 N–H and O–H groups in total. The molecule has 1 saturated heterocycles. The number of urea groups is 1. The van der Waals surface area contributed by atoms with E-state index in [0.717, 1.165) is 0 Å². The molecular formula is C17H23ClFN7O2. The monoisotopic (exact) mass is 411 g/mol. The summed E-state index contributed by atoms with van der Waals surface area (Å²) in [7, 11) is 5.46. The SMILES string of the molecule is COCCn1nnnc1C1(N(C)C)CCN(C(=O)Nc2cccc(Cl)c2F)C1. The van der Waals surface area contributed by atoms with Crippen molar-refractivity contribution in [3.8, 4) is 0 Å². The van der Waals surface area contributed by atoms with Crippen LogP contribution in [0.15, 0.2) is 18.2 Å². The number of amides is 2. The summed E-state index contributed by atoms with van der Waals surface area (Å²) in [4.78, 5) is 16.4. The van der Waals surface area contributed by atoms with Gasteiger partial charge < -0.3 is 15.0 Å². The highest BCUT2D eigenvalue weighted by Crippen LogP contribution is 2.35. The fourth-order valence-electron chi connectivity index (χ4n) is 3.38. The zero-order chi connectivity index (χ0) is 20.3. The number of rotatable bonds is 6. The average Bonchev–Trinajstić information content (AvgIpc) is 3.31. The van der Waals surface area contributed by atoms with Crippen LogP contribution < -0.4 is 5.32 Å². The van der Waals surface area contributed by atoms with E-state index in [0.29, 0.717) is 38.5 Å². The van der Waals surface area contributed by atoms with Crippen LogP contribution in [0.1, 0.15) is 12.2 Å². The van der Waals surface area contributed by atoms with Crippen LogP contribution in [-0.4, -0.2) is 76.9 Å². The number of likely N-dealkylation sites (tertiary alicyclic amines) is 1. The Bertz CT molecular complexity index is 847. The summed E-state index contributed by atoms with van der Waals surface area (Å²) in [6, 6.07) is 4.08. The molecule has 1 unspecified atom stereocenters. The molecule has 2 heterocycles. The summed E-state index contributed by atoms with van der Waals surface area (Å²) in [5, 5.41) is 14.6. The number of anilines is 1. The first-order valence-electron chi connectivity index (χ1n) is 8.82. The molecule has 0 bridgehead atoms. The minimum Gasteiger partial charge on any atom is -0.383 e. The van der Waals surface area contributed by atoms with Gasteiger partial charge in [-0.25, -0.2) is 13.9 Å². The number of hydrogen-bond acceptors (Lipinski definition) is 6. The van der Waals surface area contributed by atoms with E-state index in [1.165, 1.54) is 12.1 Å². The van der Waals surface area contributed by atoms with Crippen LogP contribution in [-0.2, 0) is 16.8 Å². The van der Waals surface area contributed by atoms with Crippen molar-refractivity contribution >= 4 is 23.3 Å². The number of methoxy groups -OCH3 is 1. The van der Waals surface area contributed by atoms with Crippen LogP contribution in [0.25, 0.3) is 0 Å². The number of tetrazole rings is 1. The molecule has 0 aliphatic carbocycles. The first-order chi connectivity index (χ1) is 13.4. The second-order valence-electron chi connectivity index (χ2n) is 6.85. The van der Waals surface area contributed by atoms with E-state index < -0.39 is 17.4 Å². The minimum atomic E-state index is -0.654. The molecule has 1 aromatic heterocycles. The molecule has 2 aromatic rings. The number of carbonyl (C=O) groups is 1. The van der Waals surface area contributed by atoms with Gasteiger partial charge >= 0.3 is 6.03 Å². The van der Waals surface area contributed by atoms with E-state index in [1.807, 2.05) is 19.0 Å². The van der Waals surface area contributed by atoms with Crippen LogP contribution in [0.4, 0.5) is 14.9 Å². The second kappa shape index (κ2) is 8.38. The summed E-state index contributed by atoms with van der Waals surface area (Å²) in [5.41, 5.74) is -0.508. The van der Waals surface area contributed by atoms with Crippen LogP contribution in [0.3, 0.4) is 0 Å². The van der Waals surface area contributed by atoms with Gasteiger partial charge in [0.2, 0.25) is 0 Å². The molecule has 0 radical (unpaired) electrons. The Morgan fingerprint density at radius 3 is 2.96 bits per heavy atom. The number of nitrogens with one attached hydrogen (secondary N) is 1. The third kappa shape index (κ3) is 3.80. The fraction of sp³-hybridized carbons (Fsp3) is 0.529. The lowest BCUT2D eigenvalue weighted by molar-refractivity contribution is 0.132. The predicted molar refractivity (Wildman–Crippen MR) is 102 cm³/mol. The Morgan fingerprint density at radius 1 is 1.46 bits per heavy atom. The van der Waals surface area contributed by atoms with Crippen LogP contribution >= 0.6 is 11.6 Å². The Morgan fingerprint density at radius 2 is 2.25 bits per heavy atom. The first-order valence-corrected chi connectivity index (χ1v) is 9.20. The van der Waals surface area contributed by atoms with Crippen molar-refractivity contribution in [3.63, 3.8) is 0 Å². The van der Waals surface area contributed by atoms with Crippen molar-refractivity contribution in [2.24, 2.45) is 0 Å². The van der Waals surface area contributed by atoms with E-state index in [-0.39, 0.29) is 10.7 Å². The Hall–Kier alpha value is -2.30. The lowest BCUT2D eigenvalue weighted by Gasteiger charge is -2.34. The van der Waals surface area contributed by atoms with Gasteiger partial charge in [-0.05, 0) is 43.1 Å². The quantitative estimate of drug-likeness (QED) is 0.779. The number of benzene rings is 1. The minimum absolute atomic E-state index is 0.0424. The number of aromatic nitrogens is 4. The molecule has 9 nitrogen and oxygen atoms in total. The van der Waals surface area contributed by atoms with Gasteiger partial charge in [-0.3, -0.25) is 4.90 Å². The van der Waals surface area contributed by atoms with Crippen molar-refractivity contribution in [2.75, 3.05) is 46.2 Å². The molecule has 1 fully saturated rings. The summed E-state index contributed by atoms with van der Waals surface area (Å²) in [6.45, 7) is 1.82. The molecule has 2 amide bonds. The average molecular weight is 412 g/mol. The molecule has 11 heteroatoms. The number of nitrogens with zero attached hydrogens (tertiary/aromatic N) is 6.